The first kappa shape index (κ1) is 21.4. The quantitative estimate of drug-likeness (QED) is 0.435. The first-order valence-corrected chi connectivity index (χ1v) is 9.44. The third kappa shape index (κ3) is 10.1. The Labute approximate surface area is 154 Å². The summed E-state index contributed by atoms with van der Waals surface area (Å²) in [6.07, 6.45) is 2.38. The molecule has 1 aromatic heterocycles. The highest BCUT2D eigenvalue weighted by atomic mass is 32.1. The summed E-state index contributed by atoms with van der Waals surface area (Å²) in [6, 6.07) is 0.305. The molecular formula is C18H29N3O3S. The molecule has 0 aliphatic rings. The zero-order chi connectivity index (χ0) is 18.7. The molecule has 1 unspecified atom stereocenters. The van der Waals surface area contributed by atoms with Crippen LogP contribution in [0.25, 0.3) is 0 Å². The summed E-state index contributed by atoms with van der Waals surface area (Å²) < 4.78 is 5.43. The summed E-state index contributed by atoms with van der Waals surface area (Å²) in [5.41, 5.74) is 0. The van der Waals surface area contributed by atoms with Crippen LogP contribution in [-0.2, 0) is 0 Å². The maximum absolute atomic E-state index is 12.0. The zero-order valence-corrected chi connectivity index (χ0v) is 16.3. The predicted octanol–water partition coefficient (Wildman–Crippen LogP) is 2.05. The summed E-state index contributed by atoms with van der Waals surface area (Å²) in [5, 5.41) is 16.1. The number of hydrogen-bond acceptors (Lipinski definition) is 6. The Morgan fingerprint density at radius 2 is 2.12 bits per heavy atom. The molecule has 0 radical (unpaired) electrons. The first-order valence-electron chi connectivity index (χ1n) is 8.62. The molecule has 0 saturated heterocycles. The lowest BCUT2D eigenvalue weighted by Crippen LogP contribution is -2.35. The Morgan fingerprint density at radius 1 is 1.36 bits per heavy atom. The Balaban J connectivity index is 2.29. The van der Waals surface area contributed by atoms with Crippen LogP contribution >= 0.6 is 11.3 Å². The van der Waals surface area contributed by atoms with Crippen molar-refractivity contribution >= 4 is 17.2 Å². The van der Waals surface area contributed by atoms with E-state index in [1.807, 2.05) is 13.8 Å². The summed E-state index contributed by atoms with van der Waals surface area (Å²) in [4.78, 5) is 16.6. The summed E-state index contributed by atoms with van der Waals surface area (Å²) in [7, 11) is 0. The van der Waals surface area contributed by atoms with Crippen LogP contribution in [0.1, 0.15) is 50.2 Å². The maximum atomic E-state index is 12.0. The van der Waals surface area contributed by atoms with E-state index in [0.29, 0.717) is 41.5 Å². The number of nitrogens with one attached hydrogen (secondary N) is 2. The molecule has 140 valence electrons. The van der Waals surface area contributed by atoms with Gasteiger partial charge in [0.05, 0.1) is 6.20 Å². The minimum atomic E-state index is -0.618. The second kappa shape index (κ2) is 11.9. The second-order valence-corrected chi connectivity index (χ2v) is 7.47. The van der Waals surface area contributed by atoms with E-state index >= 15 is 0 Å². The fourth-order valence-corrected chi connectivity index (χ4v) is 2.41. The van der Waals surface area contributed by atoms with E-state index in [-0.39, 0.29) is 12.5 Å². The van der Waals surface area contributed by atoms with Gasteiger partial charge in [0.15, 0.2) is 0 Å². The van der Waals surface area contributed by atoms with Gasteiger partial charge in [-0.1, -0.05) is 39.0 Å². The van der Waals surface area contributed by atoms with Gasteiger partial charge >= 0.3 is 0 Å². The lowest BCUT2D eigenvalue weighted by molar-refractivity contribution is 0.0958. The molecule has 0 spiro atoms. The minimum absolute atomic E-state index is 0.139. The van der Waals surface area contributed by atoms with E-state index < -0.39 is 6.10 Å². The molecule has 0 aliphatic heterocycles. The molecule has 0 bridgehead atoms. The molecule has 0 aliphatic carbocycles. The van der Waals surface area contributed by atoms with Crippen molar-refractivity contribution < 1.29 is 14.6 Å². The maximum Gasteiger partial charge on any atom is 0.273 e. The lowest BCUT2D eigenvalue weighted by Gasteiger charge is -2.13. The van der Waals surface area contributed by atoms with Crippen molar-refractivity contribution in [2.45, 2.75) is 52.7 Å². The fourth-order valence-electron chi connectivity index (χ4n) is 1.72. The van der Waals surface area contributed by atoms with Gasteiger partial charge in [-0.2, -0.15) is 0 Å². The number of ether oxygens (including phenoxy) is 1. The predicted molar refractivity (Wildman–Crippen MR) is 101 cm³/mol. The lowest BCUT2D eigenvalue weighted by atomic mass is 10.1. The summed E-state index contributed by atoms with van der Waals surface area (Å²) in [6.45, 7) is 9.37. The molecule has 1 aromatic rings. The van der Waals surface area contributed by atoms with Gasteiger partial charge in [-0.3, -0.25) is 4.79 Å². The second-order valence-electron chi connectivity index (χ2n) is 6.48. The van der Waals surface area contributed by atoms with Crippen LogP contribution < -0.4 is 15.4 Å². The molecule has 0 saturated carbocycles. The number of carbonyl (C=O) groups excluding carboxylic acids is 1. The number of nitrogens with zero attached hydrogens (tertiary/aromatic N) is 1. The van der Waals surface area contributed by atoms with Gasteiger partial charge < -0.3 is 20.5 Å². The van der Waals surface area contributed by atoms with Crippen molar-refractivity contribution in [1.29, 1.82) is 0 Å². The molecule has 0 fully saturated rings. The number of rotatable bonds is 10. The van der Waals surface area contributed by atoms with Crippen molar-refractivity contribution in [2.24, 2.45) is 5.92 Å². The molecule has 1 heterocycles. The largest absolute Gasteiger partial charge is 0.467 e. The van der Waals surface area contributed by atoms with E-state index in [0.717, 1.165) is 6.42 Å². The standard InChI is InChI=1S/C18H29N3O3S/c1-13(2)8-6-5-7-9-19-17(23)16-11-21-18(25-16)24-12-15(22)10-20-14(3)4/h11,13-15,20,22H,7-10,12H2,1-4H3,(H,19,23). The number of hydrogen-bond donors (Lipinski definition) is 3. The van der Waals surface area contributed by atoms with Crippen molar-refractivity contribution in [1.82, 2.24) is 15.6 Å². The molecular weight excluding hydrogens is 338 g/mol. The van der Waals surface area contributed by atoms with Gasteiger partial charge in [-0.15, -0.1) is 11.8 Å². The van der Waals surface area contributed by atoms with Crippen LogP contribution in [0.5, 0.6) is 5.19 Å². The molecule has 0 aromatic carbocycles. The molecule has 1 atom stereocenters. The molecule has 1 rings (SSSR count). The van der Waals surface area contributed by atoms with E-state index in [4.69, 9.17) is 4.74 Å². The van der Waals surface area contributed by atoms with Crippen LogP contribution in [0.2, 0.25) is 0 Å². The van der Waals surface area contributed by atoms with Crippen molar-refractivity contribution in [3.05, 3.63) is 11.1 Å². The Bertz CT molecular complexity index is 576. The van der Waals surface area contributed by atoms with E-state index in [1.165, 1.54) is 17.5 Å². The van der Waals surface area contributed by atoms with E-state index in [9.17, 15) is 9.90 Å². The number of aliphatic hydroxyl groups excluding tert-OH is 1. The highest BCUT2D eigenvalue weighted by Crippen LogP contribution is 2.20. The highest BCUT2D eigenvalue weighted by Gasteiger charge is 2.12. The molecule has 25 heavy (non-hydrogen) atoms. The number of thiazole rings is 1. The number of aliphatic hydroxyl groups is 1. The Kier molecular flexibility index (Phi) is 10.2. The summed E-state index contributed by atoms with van der Waals surface area (Å²) in [5.74, 6) is 6.52. The smallest absolute Gasteiger partial charge is 0.273 e. The molecule has 6 nitrogen and oxygen atoms in total. The SMILES string of the molecule is CC(C)CC#CCCNC(=O)c1cnc(OCC(O)CNC(C)C)s1. The highest BCUT2D eigenvalue weighted by molar-refractivity contribution is 7.15. The number of amides is 1. The Morgan fingerprint density at radius 3 is 2.80 bits per heavy atom. The first-order chi connectivity index (χ1) is 11.9. The monoisotopic (exact) mass is 367 g/mol. The van der Waals surface area contributed by atoms with Crippen molar-refractivity contribution in [3.8, 4) is 17.0 Å². The van der Waals surface area contributed by atoms with Crippen LogP contribution in [0.3, 0.4) is 0 Å². The number of carbonyl (C=O) groups is 1. The van der Waals surface area contributed by atoms with Gasteiger partial charge in [0, 0.05) is 32.0 Å². The van der Waals surface area contributed by atoms with Gasteiger partial charge in [0.2, 0.25) is 0 Å². The zero-order valence-electron chi connectivity index (χ0n) is 15.5. The van der Waals surface area contributed by atoms with Crippen molar-refractivity contribution in [3.63, 3.8) is 0 Å². The average Bonchev–Trinajstić information content (AvgIpc) is 3.02. The Hall–Kier alpha value is -1.62. The molecule has 7 heteroatoms. The van der Waals surface area contributed by atoms with Crippen LogP contribution in [0.4, 0.5) is 0 Å². The molecule has 3 N–H and O–H groups in total. The molecule has 1 amide bonds. The van der Waals surface area contributed by atoms with Crippen LogP contribution in [0, 0.1) is 17.8 Å². The van der Waals surface area contributed by atoms with Crippen molar-refractivity contribution in [2.75, 3.05) is 19.7 Å². The van der Waals surface area contributed by atoms with E-state index in [1.54, 1.807) is 0 Å². The van der Waals surface area contributed by atoms with Gasteiger partial charge in [0.1, 0.15) is 17.6 Å². The number of aromatic nitrogens is 1. The van der Waals surface area contributed by atoms with Gasteiger partial charge in [0.25, 0.3) is 11.1 Å². The minimum Gasteiger partial charge on any atom is -0.467 e. The van der Waals surface area contributed by atoms with Gasteiger partial charge in [-0.25, -0.2) is 4.98 Å². The third-order valence-corrected chi connectivity index (χ3v) is 3.95. The fraction of sp³-hybridized carbons (Fsp3) is 0.667. The third-order valence-electron chi connectivity index (χ3n) is 3.04. The van der Waals surface area contributed by atoms with Gasteiger partial charge in [-0.05, 0) is 5.92 Å². The van der Waals surface area contributed by atoms with Crippen LogP contribution in [-0.4, -0.2) is 47.8 Å². The summed E-state index contributed by atoms with van der Waals surface area (Å²) >= 11 is 1.17. The normalized spacial score (nSPS) is 12.0. The van der Waals surface area contributed by atoms with E-state index in [2.05, 4.69) is 41.3 Å². The average molecular weight is 368 g/mol. The topological polar surface area (TPSA) is 83.5 Å². The van der Waals surface area contributed by atoms with Crippen LogP contribution in [0.15, 0.2) is 6.20 Å².